The molecule has 1 aromatic heterocycles. The Hall–Kier alpha value is -1.29. The number of benzene rings is 1. The molecule has 0 saturated heterocycles. The van der Waals surface area contributed by atoms with Gasteiger partial charge in [0.15, 0.2) is 0 Å². The van der Waals surface area contributed by atoms with Crippen molar-refractivity contribution in [2.75, 3.05) is 0 Å². The van der Waals surface area contributed by atoms with E-state index in [0.717, 1.165) is 21.4 Å². The van der Waals surface area contributed by atoms with Crippen LogP contribution in [0.25, 0.3) is 5.69 Å². The summed E-state index contributed by atoms with van der Waals surface area (Å²) in [6.07, 6.45) is 0. The zero-order valence-electron chi connectivity index (χ0n) is 10.1. The van der Waals surface area contributed by atoms with Gasteiger partial charge in [-0.25, -0.2) is 0 Å². The summed E-state index contributed by atoms with van der Waals surface area (Å²) in [6, 6.07) is 7.68. The first-order chi connectivity index (χ1) is 7.99. The van der Waals surface area contributed by atoms with Crippen molar-refractivity contribution in [1.82, 2.24) is 9.78 Å². The predicted molar refractivity (Wildman–Crippen MR) is 72.9 cm³/mol. The fourth-order valence-electron chi connectivity index (χ4n) is 1.90. The SMILES string of the molecule is Cc1cc(Br)ccc1-n1[nH]c(=O)cc1C(C)C. The fraction of sp³-hybridized carbons (Fsp3) is 0.308. The van der Waals surface area contributed by atoms with Crippen molar-refractivity contribution in [2.45, 2.75) is 26.7 Å². The molecule has 0 bridgehead atoms. The lowest BCUT2D eigenvalue weighted by atomic mass is 10.1. The Bertz CT molecular complexity index is 596. The van der Waals surface area contributed by atoms with E-state index in [1.807, 2.05) is 29.8 Å². The molecule has 1 N–H and O–H groups in total. The highest BCUT2D eigenvalue weighted by atomic mass is 79.9. The summed E-state index contributed by atoms with van der Waals surface area (Å²) in [4.78, 5) is 11.5. The third kappa shape index (κ3) is 2.36. The van der Waals surface area contributed by atoms with E-state index in [-0.39, 0.29) is 5.56 Å². The van der Waals surface area contributed by atoms with Crippen LogP contribution in [0.1, 0.15) is 31.0 Å². The molecule has 0 aliphatic heterocycles. The molecule has 0 atom stereocenters. The van der Waals surface area contributed by atoms with Gasteiger partial charge in [-0.3, -0.25) is 14.6 Å². The first-order valence-electron chi connectivity index (χ1n) is 5.57. The predicted octanol–water partition coefficient (Wildman–Crippen LogP) is 3.36. The number of H-pyrrole nitrogens is 1. The lowest BCUT2D eigenvalue weighted by Crippen LogP contribution is -2.07. The molecule has 0 fully saturated rings. The molecular weight excluding hydrogens is 280 g/mol. The molecule has 0 aliphatic carbocycles. The van der Waals surface area contributed by atoms with Crippen LogP contribution in [-0.2, 0) is 0 Å². The van der Waals surface area contributed by atoms with Gasteiger partial charge in [-0.15, -0.1) is 0 Å². The van der Waals surface area contributed by atoms with E-state index in [9.17, 15) is 4.79 Å². The minimum absolute atomic E-state index is 0.0592. The molecule has 0 radical (unpaired) electrons. The summed E-state index contributed by atoms with van der Waals surface area (Å²) in [7, 11) is 0. The lowest BCUT2D eigenvalue weighted by Gasteiger charge is -2.13. The second kappa shape index (κ2) is 4.53. The zero-order chi connectivity index (χ0) is 12.6. The number of aromatic nitrogens is 2. The highest BCUT2D eigenvalue weighted by molar-refractivity contribution is 9.10. The number of hydrogen-bond donors (Lipinski definition) is 1. The summed E-state index contributed by atoms with van der Waals surface area (Å²) in [5, 5.41) is 2.85. The second-order valence-electron chi connectivity index (χ2n) is 4.47. The first-order valence-corrected chi connectivity index (χ1v) is 6.37. The molecule has 3 nitrogen and oxygen atoms in total. The molecule has 2 aromatic rings. The van der Waals surface area contributed by atoms with Crippen molar-refractivity contribution < 1.29 is 0 Å². The van der Waals surface area contributed by atoms with Crippen LogP contribution < -0.4 is 5.56 Å². The molecule has 0 spiro atoms. The number of hydrogen-bond acceptors (Lipinski definition) is 1. The summed E-state index contributed by atoms with van der Waals surface area (Å²) in [5.41, 5.74) is 3.07. The van der Waals surface area contributed by atoms with Gasteiger partial charge in [-0.05, 0) is 36.6 Å². The normalized spacial score (nSPS) is 11.1. The van der Waals surface area contributed by atoms with Crippen LogP contribution in [0.2, 0.25) is 0 Å². The zero-order valence-corrected chi connectivity index (χ0v) is 11.7. The van der Waals surface area contributed by atoms with E-state index in [1.165, 1.54) is 0 Å². The lowest BCUT2D eigenvalue weighted by molar-refractivity contribution is 0.728. The van der Waals surface area contributed by atoms with Crippen LogP contribution in [0.3, 0.4) is 0 Å². The minimum atomic E-state index is -0.0592. The summed E-state index contributed by atoms with van der Waals surface area (Å²) >= 11 is 3.44. The Balaban J connectivity index is 2.64. The van der Waals surface area contributed by atoms with Crippen molar-refractivity contribution in [3.8, 4) is 5.69 Å². The maximum Gasteiger partial charge on any atom is 0.264 e. The summed E-state index contributed by atoms with van der Waals surface area (Å²) in [5.74, 6) is 0.303. The average molecular weight is 295 g/mol. The molecular formula is C13H15BrN2O. The quantitative estimate of drug-likeness (QED) is 0.906. The monoisotopic (exact) mass is 294 g/mol. The van der Waals surface area contributed by atoms with E-state index in [0.29, 0.717) is 5.92 Å². The molecule has 2 rings (SSSR count). The largest absolute Gasteiger partial charge is 0.268 e. The van der Waals surface area contributed by atoms with E-state index in [1.54, 1.807) is 6.07 Å². The Morgan fingerprint density at radius 3 is 2.59 bits per heavy atom. The molecule has 1 aromatic carbocycles. The van der Waals surface area contributed by atoms with Gasteiger partial charge in [-0.2, -0.15) is 0 Å². The molecule has 17 heavy (non-hydrogen) atoms. The fourth-order valence-corrected chi connectivity index (χ4v) is 2.38. The van der Waals surface area contributed by atoms with Crippen LogP contribution in [0.15, 0.2) is 33.5 Å². The Kier molecular flexibility index (Phi) is 3.24. The van der Waals surface area contributed by atoms with Crippen molar-refractivity contribution >= 4 is 15.9 Å². The second-order valence-corrected chi connectivity index (χ2v) is 5.38. The smallest absolute Gasteiger partial charge is 0.264 e. The topological polar surface area (TPSA) is 37.8 Å². The maximum absolute atomic E-state index is 11.5. The molecule has 0 aliphatic rings. The van der Waals surface area contributed by atoms with Gasteiger partial charge in [0.1, 0.15) is 0 Å². The van der Waals surface area contributed by atoms with Crippen LogP contribution in [0.4, 0.5) is 0 Å². The van der Waals surface area contributed by atoms with Gasteiger partial charge in [0.25, 0.3) is 5.56 Å². The van der Waals surface area contributed by atoms with Crippen LogP contribution in [0.5, 0.6) is 0 Å². The van der Waals surface area contributed by atoms with E-state index in [4.69, 9.17) is 0 Å². The number of rotatable bonds is 2. The van der Waals surface area contributed by atoms with Gasteiger partial charge in [0, 0.05) is 16.2 Å². The first kappa shape index (κ1) is 12.2. The Labute approximate surface area is 109 Å². The Morgan fingerprint density at radius 1 is 1.29 bits per heavy atom. The number of aromatic amines is 1. The van der Waals surface area contributed by atoms with Crippen LogP contribution in [0, 0.1) is 6.92 Å². The van der Waals surface area contributed by atoms with Crippen molar-refractivity contribution in [3.63, 3.8) is 0 Å². The standard InChI is InChI=1S/C13H15BrN2O/c1-8(2)12-7-13(17)15-16(12)11-5-4-10(14)6-9(11)3/h4-8H,1-3H3,(H,15,17). The summed E-state index contributed by atoms with van der Waals surface area (Å²) < 4.78 is 2.91. The van der Waals surface area contributed by atoms with Gasteiger partial charge in [-0.1, -0.05) is 29.8 Å². The van der Waals surface area contributed by atoms with E-state index < -0.39 is 0 Å². The Morgan fingerprint density at radius 2 is 2.00 bits per heavy atom. The average Bonchev–Trinajstić information content (AvgIpc) is 2.60. The van der Waals surface area contributed by atoms with Crippen molar-refractivity contribution in [1.29, 1.82) is 0 Å². The van der Waals surface area contributed by atoms with Gasteiger partial charge >= 0.3 is 0 Å². The van der Waals surface area contributed by atoms with Crippen LogP contribution in [-0.4, -0.2) is 9.78 Å². The van der Waals surface area contributed by atoms with E-state index in [2.05, 4.69) is 34.9 Å². The van der Waals surface area contributed by atoms with Gasteiger partial charge < -0.3 is 0 Å². The number of nitrogens with zero attached hydrogens (tertiary/aromatic N) is 1. The molecule has 90 valence electrons. The molecule has 0 amide bonds. The van der Waals surface area contributed by atoms with E-state index >= 15 is 0 Å². The van der Waals surface area contributed by atoms with Gasteiger partial charge in [0.2, 0.25) is 0 Å². The minimum Gasteiger partial charge on any atom is -0.268 e. The highest BCUT2D eigenvalue weighted by Gasteiger charge is 2.11. The number of nitrogens with one attached hydrogen (secondary N) is 1. The number of aryl methyl sites for hydroxylation is 1. The van der Waals surface area contributed by atoms with Crippen molar-refractivity contribution in [3.05, 3.63) is 50.3 Å². The highest BCUT2D eigenvalue weighted by Crippen LogP contribution is 2.22. The maximum atomic E-state index is 11.5. The third-order valence-corrected chi connectivity index (χ3v) is 3.24. The molecule has 0 unspecified atom stereocenters. The van der Waals surface area contributed by atoms with Crippen molar-refractivity contribution in [2.24, 2.45) is 0 Å². The third-order valence-electron chi connectivity index (χ3n) is 2.75. The summed E-state index contributed by atoms with van der Waals surface area (Å²) in [6.45, 7) is 6.18. The molecule has 1 heterocycles. The molecule has 4 heteroatoms. The van der Waals surface area contributed by atoms with Gasteiger partial charge in [0.05, 0.1) is 5.69 Å². The molecule has 0 saturated carbocycles. The van der Waals surface area contributed by atoms with Crippen LogP contribution >= 0.6 is 15.9 Å². The number of halogens is 1.